The third-order valence-corrected chi connectivity index (χ3v) is 8.54. The van der Waals surface area contributed by atoms with Gasteiger partial charge in [0, 0.05) is 19.5 Å². The molecule has 1 aromatic carbocycles. The smallest absolute Gasteiger partial charge is 0.324 e. The number of rotatable bonds is 15. The number of hydrogen-bond donors (Lipinski definition) is 1. The van der Waals surface area contributed by atoms with Gasteiger partial charge in [0.25, 0.3) is 0 Å². The van der Waals surface area contributed by atoms with E-state index in [2.05, 4.69) is 11.9 Å². The predicted molar refractivity (Wildman–Crippen MR) is 141 cm³/mol. The van der Waals surface area contributed by atoms with Gasteiger partial charge in [-0.1, -0.05) is 64.3 Å². The Hall–Kier alpha value is -1.94. The summed E-state index contributed by atoms with van der Waals surface area (Å²) < 4.78 is 35.8. The SMILES string of the molecule is CCCCc1nc(Cl)c(CO)n1Cc1ccc(S(=O)(=O)N(CCC)[C@@H](C(=O)OCC)[C@H](C)CC)cc1. The quantitative estimate of drug-likeness (QED) is 0.325. The summed E-state index contributed by atoms with van der Waals surface area (Å²) in [7, 11) is -3.95. The van der Waals surface area contributed by atoms with Crippen molar-refractivity contribution >= 4 is 27.6 Å². The van der Waals surface area contributed by atoms with Gasteiger partial charge in [-0.2, -0.15) is 4.31 Å². The van der Waals surface area contributed by atoms with E-state index in [1.807, 2.05) is 25.3 Å². The van der Waals surface area contributed by atoms with E-state index >= 15 is 0 Å². The number of carbonyl (C=O) groups is 1. The number of aliphatic hydroxyl groups excluding tert-OH is 1. The van der Waals surface area contributed by atoms with Gasteiger partial charge in [0.05, 0.1) is 23.8 Å². The topological polar surface area (TPSA) is 102 Å². The Bertz CT molecular complexity index is 1090. The Morgan fingerprint density at radius 3 is 2.36 bits per heavy atom. The highest BCUT2D eigenvalue weighted by Gasteiger charge is 2.39. The van der Waals surface area contributed by atoms with E-state index in [-0.39, 0.29) is 35.7 Å². The van der Waals surface area contributed by atoms with Crippen molar-refractivity contribution in [1.82, 2.24) is 13.9 Å². The summed E-state index contributed by atoms with van der Waals surface area (Å²) in [6, 6.07) is 5.74. The van der Waals surface area contributed by atoms with E-state index in [1.54, 1.807) is 31.2 Å². The number of ether oxygens (including phenoxy) is 1. The largest absolute Gasteiger partial charge is 0.465 e. The Balaban J connectivity index is 2.40. The standard InChI is InChI=1S/C26H40ClN3O5S/c1-6-10-11-23-28-25(27)22(18-31)29(23)17-20-12-14-21(15-13-20)36(33,34)30(16-7-2)24(19(5)8-3)26(32)35-9-4/h12-15,19,24,31H,6-11,16-18H2,1-5H3/t19-,24-/m1/s1. The molecule has 202 valence electrons. The van der Waals surface area contributed by atoms with Gasteiger partial charge >= 0.3 is 5.97 Å². The third kappa shape index (κ3) is 7.09. The van der Waals surface area contributed by atoms with Crippen molar-refractivity contribution in [2.75, 3.05) is 13.2 Å². The van der Waals surface area contributed by atoms with Crippen molar-refractivity contribution < 1.29 is 23.1 Å². The number of aliphatic hydroxyl groups is 1. The lowest BCUT2D eigenvalue weighted by Gasteiger charge is -2.32. The summed E-state index contributed by atoms with van der Waals surface area (Å²) in [4.78, 5) is 17.3. The first-order valence-electron chi connectivity index (χ1n) is 12.8. The lowest BCUT2D eigenvalue weighted by Crippen LogP contribution is -2.49. The fourth-order valence-corrected chi connectivity index (χ4v) is 6.19. The molecule has 0 radical (unpaired) electrons. The van der Waals surface area contributed by atoms with E-state index in [1.165, 1.54) is 4.31 Å². The fourth-order valence-electron chi connectivity index (χ4n) is 4.17. The number of halogens is 1. The van der Waals surface area contributed by atoms with Gasteiger partial charge in [0.15, 0.2) is 5.15 Å². The Morgan fingerprint density at radius 2 is 1.83 bits per heavy atom. The van der Waals surface area contributed by atoms with Crippen LogP contribution < -0.4 is 0 Å². The van der Waals surface area contributed by atoms with Crippen molar-refractivity contribution in [3.05, 3.63) is 46.5 Å². The Kier molecular flexibility index (Phi) is 11.9. The molecule has 0 aliphatic rings. The molecule has 10 heteroatoms. The summed E-state index contributed by atoms with van der Waals surface area (Å²) >= 11 is 6.25. The maximum atomic E-state index is 13.7. The first-order valence-corrected chi connectivity index (χ1v) is 14.6. The molecule has 1 heterocycles. The van der Waals surface area contributed by atoms with Crippen LogP contribution in [0.3, 0.4) is 0 Å². The summed E-state index contributed by atoms with van der Waals surface area (Å²) in [6.45, 7) is 10.1. The zero-order chi connectivity index (χ0) is 26.9. The molecule has 2 rings (SSSR count). The van der Waals surface area contributed by atoms with Gasteiger partial charge in [-0.3, -0.25) is 4.79 Å². The van der Waals surface area contributed by atoms with Crippen LogP contribution >= 0.6 is 11.6 Å². The normalized spacial score (nSPS) is 13.7. The summed E-state index contributed by atoms with van der Waals surface area (Å²) in [6.07, 6.45) is 3.89. The molecule has 8 nitrogen and oxygen atoms in total. The molecule has 36 heavy (non-hydrogen) atoms. The zero-order valence-electron chi connectivity index (χ0n) is 22.0. The minimum Gasteiger partial charge on any atom is -0.465 e. The molecule has 0 spiro atoms. The molecule has 0 bridgehead atoms. The fraction of sp³-hybridized carbons (Fsp3) is 0.615. The monoisotopic (exact) mass is 541 g/mol. The van der Waals surface area contributed by atoms with Crippen molar-refractivity contribution in [2.45, 2.75) is 90.8 Å². The molecule has 0 aliphatic heterocycles. The molecule has 0 saturated heterocycles. The van der Waals surface area contributed by atoms with Crippen LogP contribution in [0.1, 0.15) is 77.4 Å². The van der Waals surface area contributed by atoms with Crippen LogP contribution in [-0.4, -0.2) is 52.5 Å². The summed E-state index contributed by atoms with van der Waals surface area (Å²) in [5.41, 5.74) is 1.39. The van der Waals surface area contributed by atoms with E-state index < -0.39 is 22.0 Å². The molecular weight excluding hydrogens is 502 g/mol. The Labute approximate surface area is 220 Å². The number of nitrogens with zero attached hydrogens (tertiary/aromatic N) is 3. The number of hydrogen-bond acceptors (Lipinski definition) is 6. The average Bonchev–Trinajstić information content (AvgIpc) is 3.16. The molecule has 0 amide bonds. The number of aromatic nitrogens is 2. The highest BCUT2D eigenvalue weighted by atomic mass is 35.5. The molecule has 1 N–H and O–H groups in total. The minimum absolute atomic E-state index is 0.120. The Morgan fingerprint density at radius 1 is 1.17 bits per heavy atom. The van der Waals surface area contributed by atoms with E-state index in [9.17, 15) is 18.3 Å². The van der Waals surface area contributed by atoms with Gasteiger partial charge in [-0.15, -0.1) is 0 Å². The van der Waals surface area contributed by atoms with Crippen LogP contribution in [0.5, 0.6) is 0 Å². The van der Waals surface area contributed by atoms with Crippen molar-refractivity contribution in [3.63, 3.8) is 0 Å². The van der Waals surface area contributed by atoms with Crippen LogP contribution in [0.25, 0.3) is 0 Å². The van der Waals surface area contributed by atoms with Gasteiger partial charge in [-0.05, 0) is 43.4 Å². The lowest BCUT2D eigenvalue weighted by atomic mass is 9.99. The van der Waals surface area contributed by atoms with Gasteiger partial charge < -0.3 is 14.4 Å². The van der Waals surface area contributed by atoms with Crippen LogP contribution in [0, 0.1) is 5.92 Å². The van der Waals surface area contributed by atoms with Gasteiger partial charge in [0.1, 0.15) is 11.9 Å². The predicted octanol–water partition coefficient (Wildman–Crippen LogP) is 4.80. The van der Waals surface area contributed by atoms with Crippen LogP contribution in [0.15, 0.2) is 29.2 Å². The first-order chi connectivity index (χ1) is 17.2. The molecule has 0 saturated carbocycles. The summed E-state index contributed by atoms with van der Waals surface area (Å²) in [5.74, 6) is 0.0743. The molecule has 2 atom stereocenters. The number of carbonyl (C=O) groups excluding carboxylic acids is 1. The molecule has 0 aliphatic carbocycles. The average molecular weight is 542 g/mol. The summed E-state index contributed by atoms with van der Waals surface area (Å²) in [5, 5.41) is 10.1. The first kappa shape index (κ1) is 30.3. The maximum Gasteiger partial charge on any atom is 0.324 e. The second kappa shape index (κ2) is 14.1. The zero-order valence-corrected chi connectivity index (χ0v) is 23.6. The second-order valence-electron chi connectivity index (χ2n) is 8.96. The number of esters is 1. The van der Waals surface area contributed by atoms with Crippen molar-refractivity contribution in [1.29, 1.82) is 0 Å². The van der Waals surface area contributed by atoms with Crippen LogP contribution in [0.4, 0.5) is 0 Å². The molecule has 0 fully saturated rings. The molecule has 1 aromatic heterocycles. The number of aryl methyl sites for hydroxylation is 1. The number of benzene rings is 1. The molecule has 2 aromatic rings. The molecule has 0 unspecified atom stereocenters. The highest BCUT2D eigenvalue weighted by Crippen LogP contribution is 2.26. The van der Waals surface area contributed by atoms with Crippen LogP contribution in [-0.2, 0) is 39.1 Å². The van der Waals surface area contributed by atoms with E-state index in [0.29, 0.717) is 25.1 Å². The molecular formula is C26H40ClN3O5S. The number of sulfonamides is 1. The maximum absolute atomic E-state index is 13.7. The van der Waals surface area contributed by atoms with Gasteiger partial charge in [0.2, 0.25) is 10.0 Å². The highest BCUT2D eigenvalue weighted by molar-refractivity contribution is 7.89. The minimum atomic E-state index is -3.95. The number of unbranched alkanes of at least 4 members (excludes halogenated alkanes) is 1. The number of imidazole rings is 1. The van der Waals surface area contributed by atoms with Gasteiger partial charge in [-0.25, -0.2) is 13.4 Å². The van der Waals surface area contributed by atoms with Crippen molar-refractivity contribution in [2.24, 2.45) is 5.92 Å². The van der Waals surface area contributed by atoms with Crippen LogP contribution in [0.2, 0.25) is 5.15 Å². The lowest BCUT2D eigenvalue weighted by molar-refractivity contribution is -0.149. The second-order valence-corrected chi connectivity index (χ2v) is 11.2. The van der Waals surface area contributed by atoms with E-state index in [0.717, 1.165) is 30.7 Å². The third-order valence-electron chi connectivity index (χ3n) is 6.34. The van der Waals surface area contributed by atoms with Crippen molar-refractivity contribution in [3.8, 4) is 0 Å². The van der Waals surface area contributed by atoms with E-state index in [4.69, 9.17) is 16.3 Å².